The summed E-state index contributed by atoms with van der Waals surface area (Å²) in [5.74, 6) is -0.0270. The first kappa shape index (κ1) is 11.0. The normalized spacial score (nSPS) is 20.9. The average molecular weight is 220 g/mol. The highest BCUT2D eigenvalue weighted by Gasteiger charge is 2.22. The van der Waals surface area contributed by atoms with Crippen molar-refractivity contribution < 1.29 is 4.79 Å². The van der Waals surface area contributed by atoms with Crippen LogP contribution in [0.15, 0.2) is 12.4 Å². The second-order valence-corrected chi connectivity index (χ2v) is 4.15. The van der Waals surface area contributed by atoms with Gasteiger partial charge in [-0.15, -0.1) is 0 Å². The van der Waals surface area contributed by atoms with Crippen LogP contribution in [0.4, 0.5) is 0 Å². The molecule has 1 aliphatic rings. The number of rotatable bonds is 1. The molecule has 1 fully saturated rings. The van der Waals surface area contributed by atoms with Gasteiger partial charge in [0.25, 0.3) is 5.91 Å². The zero-order valence-electron chi connectivity index (χ0n) is 9.60. The van der Waals surface area contributed by atoms with Crippen LogP contribution >= 0.6 is 0 Å². The molecule has 2 rings (SSSR count). The Bertz CT molecular complexity index is 376. The van der Waals surface area contributed by atoms with Crippen LogP contribution in [0.1, 0.15) is 23.1 Å². The lowest BCUT2D eigenvalue weighted by molar-refractivity contribution is 0.0702. The average Bonchev–Trinajstić information content (AvgIpc) is 2.29. The van der Waals surface area contributed by atoms with Crippen molar-refractivity contribution in [3.05, 3.63) is 23.8 Å². The number of aromatic nitrogens is 2. The maximum atomic E-state index is 12.1. The van der Waals surface area contributed by atoms with E-state index in [1.165, 1.54) is 0 Å². The van der Waals surface area contributed by atoms with E-state index in [0.717, 1.165) is 25.3 Å². The molecule has 1 amide bonds. The van der Waals surface area contributed by atoms with Gasteiger partial charge in [0.1, 0.15) is 5.69 Å². The molecule has 0 bridgehead atoms. The number of nitrogens with one attached hydrogen (secondary N) is 1. The Hall–Kier alpha value is -1.49. The van der Waals surface area contributed by atoms with Crippen LogP contribution in [0.2, 0.25) is 0 Å². The summed E-state index contributed by atoms with van der Waals surface area (Å²) >= 11 is 0. The van der Waals surface area contributed by atoms with Crippen LogP contribution < -0.4 is 5.32 Å². The minimum Gasteiger partial charge on any atom is -0.334 e. The molecule has 0 unspecified atom stereocenters. The molecule has 1 atom stereocenters. The van der Waals surface area contributed by atoms with E-state index in [0.29, 0.717) is 11.7 Å². The first-order valence-electron chi connectivity index (χ1n) is 5.48. The fourth-order valence-electron chi connectivity index (χ4n) is 1.78. The Labute approximate surface area is 94.9 Å². The number of hydrogen-bond acceptors (Lipinski definition) is 4. The van der Waals surface area contributed by atoms with Crippen LogP contribution in [0.25, 0.3) is 0 Å². The lowest BCUT2D eigenvalue weighted by Crippen LogP contribution is -2.51. The third-order valence-electron chi connectivity index (χ3n) is 2.66. The molecule has 86 valence electrons. The van der Waals surface area contributed by atoms with Crippen LogP contribution in [0.3, 0.4) is 0 Å². The van der Waals surface area contributed by atoms with Gasteiger partial charge in [0.15, 0.2) is 0 Å². The molecule has 1 saturated heterocycles. The number of carbonyl (C=O) groups excluding carboxylic acids is 1. The maximum absolute atomic E-state index is 12.1. The van der Waals surface area contributed by atoms with Crippen molar-refractivity contribution >= 4 is 5.91 Å². The predicted molar refractivity (Wildman–Crippen MR) is 60.1 cm³/mol. The van der Waals surface area contributed by atoms with Gasteiger partial charge in [0.05, 0.1) is 11.9 Å². The van der Waals surface area contributed by atoms with E-state index >= 15 is 0 Å². The largest absolute Gasteiger partial charge is 0.334 e. The molecule has 0 saturated carbocycles. The minimum absolute atomic E-state index is 0.0270. The molecule has 0 radical (unpaired) electrons. The molecule has 1 aromatic rings. The summed E-state index contributed by atoms with van der Waals surface area (Å²) in [5.41, 5.74) is 1.25. The van der Waals surface area contributed by atoms with E-state index < -0.39 is 0 Å². The molecule has 2 heterocycles. The number of amides is 1. The Morgan fingerprint density at radius 3 is 2.94 bits per heavy atom. The lowest BCUT2D eigenvalue weighted by Gasteiger charge is -2.31. The Kier molecular flexibility index (Phi) is 3.14. The standard InChI is InChI=1S/C11H16N4O/c1-8-5-14-10(6-13-8)11(16)15-4-3-12-9(2)7-15/h5-6,9,12H,3-4,7H2,1-2H3/t9-/m0/s1. The molecule has 1 aromatic heterocycles. The first-order valence-corrected chi connectivity index (χ1v) is 5.48. The summed E-state index contributed by atoms with van der Waals surface area (Å²) in [7, 11) is 0. The van der Waals surface area contributed by atoms with Gasteiger partial charge in [-0.25, -0.2) is 4.98 Å². The van der Waals surface area contributed by atoms with Gasteiger partial charge in [0, 0.05) is 31.9 Å². The van der Waals surface area contributed by atoms with Gasteiger partial charge in [0.2, 0.25) is 0 Å². The number of carbonyl (C=O) groups is 1. The SMILES string of the molecule is Cc1cnc(C(=O)N2CCN[C@@H](C)C2)cn1. The molecule has 1 aliphatic heterocycles. The fourth-order valence-corrected chi connectivity index (χ4v) is 1.78. The predicted octanol–water partition coefficient (Wildman–Crippen LogP) is 0.219. The third-order valence-corrected chi connectivity index (χ3v) is 2.66. The van der Waals surface area contributed by atoms with Crippen molar-refractivity contribution in [1.82, 2.24) is 20.2 Å². The summed E-state index contributed by atoms with van der Waals surface area (Å²) in [5, 5.41) is 3.30. The highest BCUT2D eigenvalue weighted by atomic mass is 16.2. The van der Waals surface area contributed by atoms with Crippen molar-refractivity contribution in [2.45, 2.75) is 19.9 Å². The van der Waals surface area contributed by atoms with Crippen molar-refractivity contribution in [3.63, 3.8) is 0 Å². The topological polar surface area (TPSA) is 58.1 Å². The Morgan fingerprint density at radius 1 is 1.50 bits per heavy atom. The van der Waals surface area contributed by atoms with Gasteiger partial charge in [-0.1, -0.05) is 0 Å². The second kappa shape index (κ2) is 4.57. The molecule has 0 aliphatic carbocycles. The van der Waals surface area contributed by atoms with Gasteiger partial charge < -0.3 is 10.2 Å². The van der Waals surface area contributed by atoms with E-state index in [-0.39, 0.29) is 5.91 Å². The summed E-state index contributed by atoms with van der Waals surface area (Å²) in [6, 6.07) is 0.344. The summed E-state index contributed by atoms with van der Waals surface area (Å²) < 4.78 is 0. The fraction of sp³-hybridized carbons (Fsp3) is 0.545. The number of hydrogen-bond donors (Lipinski definition) is 1. The molecular weight excluding hydrogens is 204 g/mol. The molecule has 5 nitrogen and oxygen atoms in total. The van der Waals surface area contributed by atoms with Gasteiger partial charge >= 0.3 is 0 Å². The zero-order valence-corrected chi connectivity index (χ0v) is 9.60. The summed E-state index contributed by atoms with van der Waals surface area (Å²) in [6.45, 7) is 6.23. The second-order valence-electron chi connectivity index (χ2n) is 4.15. The first-order chi connectivity index (χ1) is 7.66. The van der Waals surface area contributed by atoms with E-state index in [2.05, 4.69) is 22.2 Å². The number of nitrogens with zero attached hydrogens (tertiary/aromatic N) is 3. The van der Waals surface area contributed by atoms with Crippen LogP contribution in [0, 0.1) is 6.92 Å². The zero-order chi connectivity index (χ0) is 11.5. The smallest absolute Gasteiger partial charge is 0.274 e. The molecule has 0 aromatic carbocycles. The lowest BCUT2D eigenvalue weighted by atomic mass is 10.2. The van der Waals surface area contributed by atoms with Gasteiger partial charge in [-0.3, -0.25) is 9.78 Å². The monoisotopic (exact) mass is 220 g/mol. The van der Waals surface area contributed by atoms with Crippen molar-refractivity contribution in [2.75, 3.05) is 19.6 Å². The van der Waals surface area contributed by atoms with E-state index in [4.69, 9.17) is 0 Å². The van der Waals surface area contributed by atoms with Gasteiger partial charge in [-0.2, -0.15) is 0 Å². The van der Waals surface area contributed by atoms with E-state index in [9.17, 15) is 4.79 Å². The highest BCUT2D eigenvalue weighted by molar-refractivity contribution is 5.92. The van der Waals surface area contributed by atoms with Crippen molar-refractivity contribution in [3.8, 4) is 0 Å². The van der Waals surface area contributed by atoms with Crippen molar-refractivity contribution in [1.29, 1.82) is 0 Å². The van der Waals surface area contributed by atoms with Crippen LogP contribution in [-0.2, 0) is 0 Å². The third kappa shape index (κ3) is 2.36. The van der Waals surface area contributed by atoms with E-state index in [1.807, 2.05) is 11.8 Å². The molecule has 0 spiro atoms. The van der Waals surface area contributed by atoms with Crippen LogP contribution in [0.5, 0.6) is 0 Å². The maximum Gasteiger partial charge on any atom is 0.274 e. The molecular formula is C11H16N4O. The Balaban J connectivity index is 2.09. The van der Waals surface area contributed by atoms with Crippen molar-refractivity contribution in [2.24, 2.45) is 0 Å². The number of aryl methyl sites for hydroxylation is 1. The number of piperazine rings is 1. The van der Waals surface area contributed by atoms with Crippen LogP contribution in [-0.4, -0.2) is 46.5 Å². The summed E-state index contributed by atoms with van der Waals surface area (Å²) in [6.07, 6.45) is 3.17. The van der Waals surface area contributed by atoms with E-state index in [1.54, 1.807) is 12.4 Å². The van der Waals surface area contributed by atoms with Gasteiger partial charge in [-0.05, 0) is 13.8 Å². The Morgan fingerprint density at radius 2 is 2.31 bits per heavy atom. The minimum atomic E-state index is -0.0270. The molecule has 5 heteroatoms. The molecule has 16 heavy (non-hydrogen) atoms. The summed E-state index contributed by atoms with van der Waals surface area (Å²) in [4.78, 5) is 22.1. The highest BCUT2D eigenvalue weighted by Crippen LogP contribution is 2.05. The quantitative estimate of drug-likeness (QED) is 0.735. The molecule has 1 N–H and O–H groups in total.